The Labute approximate surface area is 101 Å². The first kappa shape index (κ1) is 10.8. The minimum absolute atomic E-state index is 0.148. The lowest BCUT2D eigenvalue weighted by molar-refractivity contribution is -0.136. The van der Waals surface area contributed by atoms with Crippen LogP contribution in [0, 0.1) is 5.92 Å². The van der Waals surface area contributed by atoms with E-state index in [0.717, 1.165) is 24.8 Å². The molecule has 3 fully saturated rings. The van der Waals surface area contributed by atoms with E-state index in [4.69, 9.17) is 0 Å². The average molecular weight is 231 g/mol. The lowest BCUT2D eigenvalue weighted by Crippen LogP contribution is -2.52. The molecule has 1 N–H and O–H groups in total. The molecule has 90 valence electrons. The van der Waals surface area contributed by atoms with E-state index in [9.17, 15) is 9.90 Å². The standard InChI is InChI=1S/C14H17NO2/c1-15-10-4-7-12(13(17)8-10)14(15)9-2-5-11(16)6-3-9/h2-3,5-6,10,12,14,16H,4,7-8H2,1H3. The molecule has 0 aromatic heterocycles. The van der Waals surface area contributed by atoms with Gasteiger partial charge in [0.05, 0.1) is 0 Å². The molecular formula is C14H17NO2. The first-order valence-corrected chi connectivity index (χ1v) is 6.20. The number of hydrogen-bond acceptors (Lipinski definition) is 3. The van der Waals surface area contributed by atoms with Crippen LogP contribution in [0.5, 0.6) is 5.75 Å². The van der Waals surface area contributed by atoms with E-state index in [1.54, 1.807) is 12.1 Å². The molecule has 3 heteroatoms. The van der Waals surface area contributed by atoms with Crippen molar-refractivity contribution in [2.75, 3.05) is 7.05 Å². The molecule has 2 bridgehead atoms. The Morgan fingerprint density at radius 1 is 1.24 bits per heavy atom. The van der Waals surface area contributed by atoms with Gasteiger partial charge in [-0.15, -0.1) is 0 Å². The summed E-state index contributed by atoms with van der Waals surface area (Å²) in [4.78, 5) is 14.3. The number of phenolic OH excluding ortho intramolecular Hbond substituents is 1. The van der Waals surface area contributed by atoms with E-state index in [1.807, 2.05) is 12.1 Å². The van der Waals surface area contributed by atoms with Crippen LogP contribution in [0.1, 0.15) is 30.9 Å². The Balaban J connectivity index is 1.96. The van der Waals surface area contributed by atoms with Crippen molar-refractivity contribution in [1.82, 2.24) is 4.90 Å². The molecule has 0 radical (unpaired) electrons. The van der Waals surface area contributed by atoms with Crippen molar-refractivity contribution in [2.24, 2.45) is 5.92 Å². The highest BCUT2D eigenvalue weighted by molar-refractivity contribution is 5.84. The van der Waals surface area contributed by atoms with Gasteiger partial charge in [-0.1, -0.05) is 12.1 Å². The Hall–Kier alpha value is -1.35. The largest absolute Gasteiger partial charge is 0.508 e. The van der Waals surface area contributed by atoms with Crippen LogP contribution in [0.15, 0.2) is 24.3 Å². The van der Waals surface area contributed by atoms with Gasteiger partial charge in [0.2, 0.25) is 0 Å². The molecule has 3 nitrogen and oxygen atoms in total. The number of ketones is 1. The molecule has 17 heavy (non-hydrogen) atoms. The van der Waals surface area contributed by atoms with E-state index in [2.05, 4.69) is 11.9 Å². The monoisotopic (exact) mass is 231 g/mol. The second-order valence-electron chi connectivity index (χ2n) is 5.21. The fourth-order valence-electron chi connectivity index (χ4n) is 3.35. The van der Waals surface area contributed by atoms with E-state index >= 15 is 0 Å². The zero-order chi connectivity index (χ0) is 12.0. The molecule has 0 amide bonds. The molecule has 1 aromatic rings. The minimum Gasteiger partial charge on any atom is -0.508 e. The number of rotatable bonds is 1. The van der Waals surface area contributed by atoms with Crippen LogP contribution in [-0.4, -0.2) is 28.9 Å². The molecule has 0 spiro atoms. The Bertz CT molecular complexity index is 440. The maximum atomic E-state index is 12.0. The molecule has 1 aromatic carbocycles. The smallest absolute Gasteiger partial charge is 0.139 e. The number of benzene rings is 1. The zero-order valence-electron chi connectivity index (χ0n) is 9.97. The molecule has 2 aliphatic heterocycles. The van der Waals surface area contributed by atoms with Crippen LogP contribution in [-0.2, 0) is 4.79 Å². The minimum atomic E-state index is 0.148. The Morgan fingerprint density at radius 3 is 2.59 bits per heavy atom. The lowest BCUT2D eigenvalue weighted by Gasteiger charge is -2.49. The summed E-state index contributed by atoms with van der Waals surface area (Å²) in [6.07, 6.45) is 2.87. The SMILES string of the molecule is CN1C2CCC(C(=O)C2)C1c1ccc(O)cc1. The fourth-order valence-corrected chi connectivity index (χ4v) is 3.35. The molecule has 4 rings (SSSR count). The quantitative estimate of drug-likeness (QED) is 0.804. The van der Waals surface area contributed by atoms with Gasteiger partial charge >= 0.3 is 0 Å². The summed E-state index contributed by atoms with van der Waals surface area (Å²) in [6.45, 7) is 0. The maximum absolute atomic E-state index is 12.0. The van der Waals surface area contributed by atoms with Crippen LogP contribution < -0.4 is 0 Å². The first-order valence-electron chi connectivity index (χ1n) is 6.20. The second kappa shape index (κ2) is 3.84. The van der Waals surface area contributed by atoms with Crippen molar-refractivity contribution in [2.45, 2.75) is 31.3 Å². The second-order valence-corrected chi connectivity index (χ2v) is 5.21. The molecule has 2 saturated heterocycles. The van der Waals surface area contributed by atoms with Crippen molar-refractivity contribution < 1.29 is 9.90 Å². The summed E-state index contributed by atoms with van der Waals surface area (Å²) < 4.78 is 0. The number of nitrogens with zero attached hydrogens (tertiary/aromatic N) is 1. The summed E-state index contributed by atoms with van der Waals surface area (Å²) in [5.74, 6) is 0.843. The highest BCUT2D eigenvalue weighted by Gasteiger charge is 2.45. The third kappa shape index (κ3) is 1.65. The predicted molar refractivity (Wildman–Crippen MR) is 64.7 cm³/mol. The Morgan fingerprint density at radius 2 is 1.94 bits per heavy atom. The number of carbonyl (C=O) groups excluding carboxylic acids is 1. The topological polar surface area (TPSA) is 40.5 Å². The predicted octanol–water partition coefficient (Wildman–Crippen LogP) is 2.12. The molecule has 1 aliphatic carbocycles. The van der Waals surface area contributed by atoms with E-state index in [0.29, 0.717) is 11.8 Å². The number of aromatic hydroxyl groups is 1. The highest BCUT2D eigenvalue weighted by Crippen LogP contribution is 2.44. The molecule has 2 heterocycles. The van der Waals surface area contributed by atoms with Crippen LogP contribution >= 0.6 is 0 Å². The number of piperidine rings is 2. The van der Waals surface area contributed by atoms with Crippen molar-refractivity contribution in [3.63, 3.8) is 0 Å². The van der Waals surface area contributed by atoms with Gasteiger partial charge in [0.15, 0.2) is 0 Å². The van der Waals surface area contributed by atoms with Gasteiger partial charge in [0, 0.05) is 24.4 Å². The zero-order valence-corrected chi connectivity index (χ0v) is 9.97. The van der Waals surface area contributed by atoms with Gasteiger partial charge in [-0.05, 0) is 37.6 Å². The van der Waals surface area contributed by atoms with Crippen molar-refractivity contribution in [3.8, 4) is 5.75 Å². The van der Waals surface area contributed by atoms with Crippen molar-refractivity contribution in [3.05, 3.63) is 29.8 Å². The van der Waals surface area contributed by atoms with Crippen molar-refractivity contribution in [1.29, 1.82) is 0 Å². The van der Waals surface area contributed by atoms with Crippen LogP contribution in [0.2, 0.25) is 0 Å². The molecule has 3 atom stereocenters. The van der Waals surface area contributed by atoms with Gasteiger partial charge in [-0.2, -0.15) is 0 Å². The average Bonchev–Trinajstić information content (AvgIpc) is 2.32. The Kier molecular flexibility index (Phi) is 2.44. The summed E-state index contributed by atoms with van der Waals surface area (Å²) >= 11 is 0. The van der Waals surface area contributed by atoms with Gasteiger partial charge in [-0.25, -0.2) is 0 Å². The van der Waals surface area contributed by atoms with Gasteiger partial charge < -0.3 is 5.11 Å². The summed E-state index contributed by atoms with van der Waals surface area (Å²) in [5, 5.41) is 9.32. The number of carbonyl (C=O) groups is 1. The number of Topliss-reactive ketones (excluding diaryl/α,β-unsaturated/α-hetero) is 1. The third-order valence-corrected chi connectivity index (χ3v) is 4.29. The van der Waals surface area contributed by atoms with Crippen LogP contribution in [0.4, 0.5) is 0 Å². The summed E-state index contributed by atoms with van der Waals surface area (Å²) in [5.41, 5.74) is 1.15. The van der Waals surface area contributed by atoms with Crippen molar-refractivity contribution >= 4 is 5.78 Å². The first-order chi connectivity index (χ1) is 8.16. The number of phenols is 1. The number of hydrogen-bond donors (Lipinski definition) is 1. The molecular weight excluding hydrogens is 214 g/mol. The lowest BCUT2D eigenvalue weighted by atomic mass is 9.72. The van der Waals surface area contributed by atoms with Gasteiger partial charge in [-0.3, -0.25) is 9.69 Å². The van der Waals surface area contributed by atoms with E-state index < -0.39 is 0 Å². The maximum Gasteiger partial charge on any atom is 0.139 e. The fraction of sp³-hybridized carbons (Fsp3) is 0.500. The number of fused-ring (bicyclic) bond motifs is 3. The summed E-state index contributed by atoms with van der Waals surface area (Å²) in [6, 6.07) is 7.89. The molecule has 3 aliphatic rings. The molecule has 3 unspecified atom stereocenters. The van der Waals surface area contributed by atoms with Gasteiger partial charge in [0.25, 0.3) is 0 Å². The van der Waals surface area contributed by atoms with Crippen LogP contribution in [0.25, 0.3) is 0 Å². The highest BCUT2D eigenvalue weighted by atomic mass is 16.3. The third-order valence-electron chi connectivity index (χ3n) is 4.29. The van der Waals surface area contributed by atoms with Crippen LogP contribution in [0.3, 0.4) is 0 Å². The summed E-state index contributed by atoms with van der Waals surface area (Å²) in [7, 11) is 2.11. The normalized spacial score (nSPS) is 33.0. The van der Waals surface area contributed by atoms with E-state index in [1.165, 1.54) is 0 Å². The van der Waals surface area contributed by atoms with Gasteiger partial charge in [0.1, 0.15) is 11.5 Å². The van der Waals surface area contributed by atoms with E-state index in [-0.39, 0.29) is 17.7 Å². The molecule has 1 saturated carbocycles.